The van der Waals surface area contributed by atoms with Crippen LogP contribution in [0.1, 0.15) is 39.8 Å². The van der Waals surface area contributed by atoms with Crippen molar-refractivity contribution < 1.29 is 18.1 Å². The van der Waals surface area contributed by atoms with Gasteiger partial charge in [-0.1, -0.05) is 0 Å². The van der Waals surface area contributed by atoms with E-state index in [-0.39, 0.29) is 5.69 Å². The first-order chi connectivity index (χ1) is 8.23. The summed E-state index contributed by atoms with van der Waals surface area (Å²) >= 11 is 0. The highest BCUT2D eigenvalue weighted by Crippen LogP contribution is 2.36. The van der Waals surface area contributed by atoms with Crippen LogP contribution in [0.25, 0.3) is 0 Å². The minimum absolute atomic E-state index is 0.352. The highest BCUT2D eigenvalue weighted by atomic mass is 19.3. The Morgan fingerprint density at radius 1 is 1.06 bits per heavy atom. The van der Waals surface area contributed by atoms with Crippen LogP contribution in [0.5, 0.6) is 0 Å². The summed E-state index contributed by atoms with van der Waals surface area (Å²) in [5, 5.41) is 0. The Hall–Kier alpha value is -1.08. The molecular formula is C11H15BF2N2O2. The summed E-state index contributed by atoms with van der Waals surface area (Å²) in [5.41, 5.74) is -0.921. The van der Waals surface area contributed by atoms with Crippen LogP contribution in [0, 0.1) is 0 Å². The summed E-state index contributed by atoms with van der Waals surface area (Å²) in [6.07, 6.45) is -0.306. The average Bonchev–Trinajstić information content (AvgIpc) is 2.48. The van der Waals surface area contributed by atoms with Crippen molar-refractivity contribution in [2.75, 3.05) is 0 Å². The van der Waals surface area contributed by atoms with E-state index in [1.807, 2.05) is 27.7 Å². The molecule has 1 aromatic heterocycles. The van der Waals surface area contributed by atoms with E-state index in [4.69, 9.17) is 9.31 Å². The Morgan fingerprint density at radius 3 is 2.00 bits per heavy atom. The molecule has 1 saturated heterocycles. The van der Waals surface area contributed by atoms with Crippen LogP contribution in [0.15, 0.2) is 12.4 Å². The summed E-state index contributed by atoms with van der Waals surface area (Å²) in [5.74, 6) is 0. The van der Waals surface area contributed by atoms with Gasteiger partial charge in [-0.25, -0.2) is 8.78 Å². The van der Waals surface area contributed by atoms with Gasteiger partial charge in [-0.05, 0) is 27.7 Å². The lowest BCUT2D eigenvalue weighted by atomic mass is 9.85. The quantitative estimate of drug-likeness (QED) is 0.755. The lowest BCUT2D eigenvalue weighted by molar-refractivity contribution is 0.00578. The van der Waals surface area contributed by atoms with E-state index in [0.717, 1.165) is 6.20 Å². The molecule has 1 aromatic rings. The molecule has 0 N–H and O–H groups in total. The second-order valence-corrected chi connectivity index (χ2v) is 5.26. The molecular weight excluding hydrogens is 241 g/mol. The molecule has 0 unspecified atom stereocenters. The first-order valence-electron chi connectivity index (χ1n) is 5.68. The first kappa shape index (κ1) is 13.4. The molecule has 1 fully saturated rings. The fourth-order valence-corrected chi connectivity index (χ4v) is 1.55. The normalized spacial score (nSPS) is 21.6. The molecule has 18 heavy (non-hydrogen) atoms. The molecule has 0 saturated carbocycles. The fourth-order valence-electron chi connectivity index (χ4n) is 1.55. The zero-order valence-electron chi connectivity index (χ0n) is 10.8. The molecule has 0 atom stereocenters. The van der Waals surface area contributed by atoms with Crippen LogP contribution >= 0.6 is 0 Å². The third-order valence-corrected chi connectivity index (χ3v) is 3.41. The lowest BCUT2D eigenvalue weighted by Crippen LogP contribution is -2.41. The Balaban J connectivity index is 2.19. The molecule has 4 nitrogen and oxygen atoms in total. The average molecular weight is 256 g/mol. The third-order valence-electron chi connectivity index (χ3n) is 3.41. The highest BCUT2D eigenvalue weighted by molar-refractivity contribution is 6.61. The van der Waals surface area contributed by atoms with Crippen molar-refractivity contribution in [3.8, 4) is 0 Å². The number of hydrogen-bond donors (Lipinski definition) is 0. The Bertz CT molecular complexity index is 421. The van der Waals surface area contributed by atoms with Gasteiger partial charge in [0.15, 0.2) is 0 Å². The van der Waals surface area contributed by atoms with Gasteiger partial charge in [0.25, 0.3) is 6.43 Å². The van der Waals surface area contributed by atoms with Crippen molar-refractivity contribution in [1.29, 1.82) is 0 Å². The standard InChI is InChI=1S/C11H15BF2N2O2/c1-10(2)11(3,4)18-12(17-10)8-6-15-7(5-16-8)9(13)14/h5-6,9H,1-4H3. The van der Waals surface area contributed by atoms with Gasteiger partial charge in [-0.3, -0.25) is 9.97 Å². The molecule has 0 radical (unpaired) electrons. The second-order valence-electron chi connectivity index (χ2n) is 5.26. The summed E-state index contributed by atoms with van der Waals surface area (Å²) in [6, 6.07) is 0. The van der Waals surface area contributed by atoms with Crippen molar-refractivity contribution in [1.82, 2.24) is 9.97 Å². The van der Waals surface area contributed by atoms with E-state index in [1.165, 1.54) is 6.20 Å². The zero-order valence-corrected chi connectivity index (χ0v) is 10.8. The van der Waals surface area contributed by atoms with Crippen molar-refractivity contribution in [2.45, 2.75) is 45.3 Å². The van der Waals surface area contributed by atoms with Crippen LogP contribution in [0.2, 0.25) is 0 Å². The van der Waals surface area contributed by atoms with Gasteiger partial charge < -0.3 is 9.31 Å². The Kier molecular flexibility index (Phi) is 3.15. The molecule has 1 aliphatic rings. The largest absolute Gasteiger partial charge is 0.516 e. The number of halogens is 2. The Morgan fingerprint density at radius 2 is 1.61 bits per heavy atom. The second kappa shape index (κ2) is 4.24. The van der Waals surface area contributed by atoms with E-state index in [1.54, 1.807) is 0 Å². The van der Waals surface area contributed by atoms with E-state index in [0.29, 0.717) is 5.59 Å². The van der Waals surface area contributed by atoms with Gasteiger partial charge in [-0.15, -0.1) is 0 Å². The smallest absolute Gasteiger partial charge is 0.398 e. The first-order valence-corrected chi connectivity index (χ1v) is 5.68. The van der Waals surface area contributed by atoms with Gasteiger partial charge in [0, 0.05) is 6.20 Å². The van der Waals surface area contributed by atoms with Gasteiger partial charge in [0.1, 0.15) is 5.69 Å². The summed E-state index contributed by atoms with van der Waals surface area (Å²) in [6.45, 7) is 7.64. The van der Waals surface area contributed by atoms with Crippen LogP contribution in [0.4, 0.5) is 8.78 Å². The predicted octanol–water partition coefficient (Wildman–Crippen LogP) is 1.71. The molecule has 2 rings (SSSR count). The minimum Gasteiger partial charge on any atom is -0.398 e. The molecule has 98 valence electrons. The number of aromatic nitrogens is 2. The van der Waals surface area contributed by atoms with Crippen LogP contribution < -0.4 is 5.59 Å². The van der Waals surface area contributed by atoms with Gasteiger partial charge in [0.2, 0.25) is 0 Å². The monoisotopic (exact) mass is 256 g/mol. The minimum atomic E-state index is -2.62. The maximum absolute atomic E-state index is 12.4. The maximum Gasteiger partial charge on any atom is 0.516 e. The third kappa shape index (κ3) is 2.24. The molecule has 7 heteroatoms. The molecule has 0 aromatic carbocycles. The van der Waals surface area contributed by atoms with Crippen molar-refractivity contribution in [3.63, 3.8) is 0 Å². The van der Waals surface area contributed by atoms with E-state index in [2.05, 4.69) is 9.97 Å². The van der Waals surface area contributed by atoms with Crippen molar-refractivity contribution >= 4 is 12.7 Å². The van der Waals surface area contributed by atoms with Gasteiger partial charge in [-0.2, -0.15) is 0 Å². The van der Waals surface area contributed by atoms with Crippen LogP contribution in [-0.4, -0.2) is 28.3 Å². The molecule has 0 spiro atoms. The highest BCUT2D eigenvalue weighted by Gasteiger charge is 2.52. The lowest BCUT2D eigenvalue weighted by Gasteiger charge is -2.32. The zero-order chi connectivity index (χ0) is 13.6. The topological polar surface area (TPSA) is 44.2 Å². The van der Waals surface area contributed by atoms with Crippen LogP contribution in [-0.2, 0) is 9.31 Å². The van der Waals surface area contributed by atoms with Crippen molar-refractivity contribution in [2.24, 2.45) is 0 Å². The number of rotatable bonds is 2. The fraction of sp³-hybridized carbons (Fsp3) is 0.636. The van der Waals surface area contributed by atoms with Gasteiger partial charge in [0.05, 0.1) is 23.0 Å². The summed E-state index contributed by atoms with van der Waals surface area (Å²) in [7, 11) is -0.672. The van der Waals surface area contributed by atoms with E-state index in [9.17, 15) is 8.78 Å². The molecule has 1 aliphatic heterocycles. The SMILES string of the molecule is CC1(C)OB(c2cnc(C(F)F)cn2)OC1(C)C. The molecule has 0 bridgehead atoms. The maximum atomic E-state index is 12.4. The predicted molar refractivity (Wildman–Crippen MR) is 62.7 cm³/mol. The number of nitrogens with zero attached hydrogens (tertiary/aromatic N) is 2. The summed E-state index contributed by atoms with van der Waals surface area (Å²) < 4.78 is 36.2. The van der Waals surface area contributed by atoms with Gasteiger partial charge >= 0.3 is 7.12 Å². The molecule has 0 aliphatic carbocycles. The number of alkyl halides is 2. The van der Waals surface area contributed by atoms with Crippen LogP contribution in [0.3, 0.4) is 0 Å². The van der Waals surface area contributed by atoms with E-state index < -0.39 is 24.7 Å². The molecule has 0 amide bonds. The number of hydrogen-bond acceptors (Lipinski definition) is 4. The summed E-state index contributed by atoms with van der Waals surface area (Å²) in [4.78, 5) is 7.57. The Labute approximate surface area is 105 Å². The van der Waals surface area contributed by atoms with Crippen molar-refractivity contribution in [3.05, 3.63) is 18.1 Å². The van der Waals surface area contributed by atoms with E-state index >= 15 is 0 Å². The molecule has 2 heterocycles.